The second kappa shape index (κ2) is 8.76. The molecule has 166 valence electrons. The zero-order valence-electron chi connectivity index (χ0n) is 17.2. The van der Waals surface area contributed by atoms with Crippen LogP contribution in [0.2, 0.25) is 0 Å². The van der Waals surface area contributed by atoms with Gasteiger partial charge in [0, 0.05) is 37.9 Å². The molecule has 2 unspecified atom stereocenters. The molecule has 2 aliphatic heterocycles. The Kier molecular flexibility index (Phi) is 6.06. The molecule has 31 heavy (non-hydrogen) atoms. The van der Waals surface area contributed by atoms with Crippen molar-refractivity contribution < 1.29 is 22.7 Å². The highest BCUT2D eigenvalue weighted by atomic mass is 19.4. The number of hydrogen-bond acceptors (Lipinski definition) is 5. The molecule has 4 rings (SSSR count). The van der Waals surface area contributed by atoms with E-state index in [9.17, 15) is 18.0 Å². The number of halogens is 3. The lowest BCUT2D eigenvalue weighted by molar-refractivity contribution is -0.137. The smallest absolute Gasteiger partial charge is 0.416 e. The monoisotopic (exact) mass is 434 g/mol. The van der Waals surface area contributed by atoms with Crippen LogP contribution in [0, 0.1) is 0 Å². The topological polar surface area (TPSA) is 56.8 Å². The van der Waals surface area contributed by atoms with E-state index in [1.165, 1.54) is 12.1 Å². The van der Waals surface area contributed by atoms with Gasteiger partial charge >= 0.3 is 6.18 Å². The lowest BCUT2D eigenvalue weighted by Crippen LogP contribution is -2.53. The predicted molar refractivity (Wildman–Crippen MR) is 111 cm³/mol. The maximum atomic E-state index is 13.0. The quantitative estimate of drug-likeness (QED) is 0.775. The molecular weight excluding hydrogens is 409 g/mol. The van der Waals surface area contributed by atoms with Crippen molar-refractivity contribution in [1.29, 1.82) is 0 Å². The number of nitrogens with one attached hydrogen (secondary N) is 2. The average molecular weight is 434 g/mol. The molecule has 2 fully saturated rings. The summed E-state index contributed by atoms with van der Waals surface area (Å²) in [7, 11) is 1.62. The number of carbonyl (C=O) groups excluding carboxylic acids is 1. The van der Waals surface area contributed by atoms with Crippen molar-refractivity contribution in [2.45, 2.75) is 24.7 Å². The Bertz CT molecular complexity index is 929. The summed E-state index contributed by atoms with van der Waals surface area (Å²) in [4.78, 5) is 16.6. The fraction of sp³-hybridized carbons (Fsp3) is 0.409. The summed E-state index contributed by atoms with van der Waals surface area (Å²) in [6.07, 6.45) is -3.76. The van der Waals surface area contributed by atoms with E-state index in [-0.39, 0.29) is 18.0 Å². The fourth-order valence-corrected chi connectivity index (χ4v) is 4.08. The second-order valence-electron chi connectivity index (χ2n) is 7.77. The van der Waals surface area contributed by atoms with Gasteiger partial charge in [-0.2, -0.15) is 13.2 Å². The maximum absolute atomic E-state index is 13.0. The molecule has 0 aliphatic carbocycles. The van der Waals surface area contributed by atoms with Gasteiger partial charge in [-0.05, 0) is 42.3 Å². The first-order valence-corrected chi connectivity index (χ1v) is 10.2. The number of benzene rings is 2. The van der Waals surface area contributed by atoms with Gasteiger partial charge in [0.25, 0.3) is 0 Å². The fourth-order valence-electron chi connectivity index (χ4n) is 4.08. The molecule has 0 bridgehead atoms. The molecule has 2 aromatic carbocycles. The summed E-state index contributed by atoms with van der Waals surface area (Å²) in [5.41, 5.74) is 7.17. The van der Waals surface area contributed by atoms with E-state index in [4.69, 9.17) is 4.74 Å². The number of methoxy groups -OCH3 is 1. The zero-order valence-corrected chi connectivity index (χ0v) is 17.2. The van der Waals surface area contributed by atoms with E-state index in [0.717, 1.165) is 17.4 Å². The predicted octanol–water partition coefficient (Wildman–Crippen LogP) is 2.97. The van der Waals surface area contributed by atoms with Gasteiger partial charge in [-0.25, -0.2) is 10.9 Å². The number of hydrogen-bond donors (Lipinski definition) is 2. The summed E-state index contributed by atoms with van der Waals surface area (Å²) < 4.78 is 44.2. The van der Waals surface area contributed by atoms with Crippen LogP contribution in [-0.4, -0.2) is 50.1 Å². The minimum atomic E-state index is -4.37. The van der Waals surface area contributed by atoms with Crippen molar-refractivity contribution in [3.8, 4) is 5.75 Å². The van der Waals surface area contributed by atoms with Gasteiger partial charge in [-0.1, -0.05) is 18.2 Å². The summed E-state index contributed by atoms with van der Waals surface area (Å²) in [5, 5.41) is 0. The summed E-state index contributed by atoms with van der Waals surface area (Å²) in [6.45, 7) is 1.92. The molecule has 9 heteroatoms. The number of piperazine rings is 1. The van der Waals surface area contributed by atoms with Crippen molar-refractivity contribution in [1.82, 2.24) is 15.8 Å². The van der Waals surface area contributed by atoms with Crippen LogP contribution >= 0.6 is 0 Å². The molecule has 0 radical (unpaired) electrons. The van der Waals surface area contributed by atoms with E-state index >= 15 is 0 Å². The minimum Gasteiger partial charge on any atom is -0.497 e. The number of nitrogens with zero attached hydrogens (tertiary/aromatic N) is 2. The molecular formula is C22H25F3N4O2. The number of carbonyl (C=O) groups is 1. The Morgan fingerprint density at radius 3 is 2.48 bits per heavy atom. The first kappa shape index (κ1) is 21.5. The molecule has 0 saturated carbocycles. The number of amides is 1. The van der Waals surface area contributed by atoms with Crippen molar-refractivity contribution in [3.63, 3.8) is 0 Å². The largest absolute Gasteiger partial charge is 0.497 e. The minimum absolute atomic E-state index is 0.00147. The summed E-state index contributed by atoms with van der Waals surface area (Å²) >= 11 is 0. The molecule has 2 N–H and O–H groups in total. The third-order valence-corrected chi connectivity index (χ3v) is 5.83. The average Bonchev–Trinajstić information content (AvgIpc) is 3.29. The van der Waals surface area contributed by atoms with E-state index in [0.29, 0.717) is 38.3 Å². The molecule has 0 aromatic heterocycles. The first-order chi connectivity index (χ1) is 14.8. The van der Waals surface area contributed by atoms with Crippen molar-refractivity contribution >= 4 is 11.6 Å². The summed E-state index contributed by atoms with van der Waals surface area (Å²) in [6, 6.07) is 12.7. The van der Waals surface area contributed by atoms with Gasteiger partial charge in [-0.3, -0.25) is 4.79 Å². The van der Waals surface area contributed by atoms with Crippen LogP contribution in [0.3, 0.4) is 0 Å². The number of anilines is 1. The normalized spacial score (nSPS) is 21.9. The highest BCUT2D eigenvalue weighted by Gasteiger charge is 2.35. The number of ether oxygens (including phenoxy) is 1. The van der Waals surface area contributed by atoms with Crippen LogP contribution in [0.5, 0.6) is 5.75 Å². The Morgan fingerprint density at radius 2 is 1.77 bits per heavy atom. The van der Waals surface area contributed by atoms with Gasteiger partial charge in [-0.15, -0.1) is 0 Å². The van der Waals surface area contributed by atoms with Crippen LogP contribution in [-0.2, 0) is 11.0 Å². The molecule has 2 aromatic rings. The van der Waals surface area contributed by atoms with Crippen molar-refractivity contribution in [2.75, 3.05) is 38.2 Å². The van der Waals surface area contributed by atoms with Gasteiger partial charge in [0.15, 0.2) is 0 Å². The number of hydrazine groups is 1. The Balaban J connectivity index is 1.34. The molecule has 6 nitrogen and oxygen atoms in total. The van der Waals surface area contributed by atoms with E-state index in [1.807, 2.05) is 29.2 Å². The lowest BCUT2D eigenvalue weighted by Gasteiger charge is -2.37. The second-order valence-corrected chi connectivity index (χ2v) is 7.77. The summed E-state index contributed by atoms with van der Waals surface area (Å²) in [5.74, 6) is 0.765. The zero-order chi connectivity index (χ0) is 22.0. The SMILES string of the molecule is COc1cccc(C2CC(C(=O)N3CCN(c4cccc(C(F)(F)F)c4)CC3)NN2)c1. The number of alkyl halides is 3. The van der Waals surface area contributed by atoms with Crippen molar-refractivity contribution in [2.24, 2.45) is 0 Å². The molecule has 2 saturated heterocycles. The van der Waals surface area contributed by atoms with Crippen LogP contribution in [0.25, 0.3) is 0 Å². The first-order valence-electron chi connectivity index (χ1n) is 10.2. The Morgan fingerprint density at radius 1 is 1.03 bits per heavy atom. The maximum Gasteiger partial charge on any atom is 0.416 e. The molecule has 2 heterocycles. The third kappa shape index (κ3) is 4.77. The van der Waals surface area contributed by atoms with Crippen LogP contribution < -0.4 is 20.5 Å². The molecule has 2 aliphatic rings. The standard InChI is InChI=1S/C22H25F3N4O2/c1-31-18-7-2-4-15(12-18)19-14-20(27-26-19)21(30)29-10-8-28(9-11-29)17-6-3-5-16(13-17)22(23,24)25/h2-7,12-13,19-20,26-27H,8-11,14H2,1H3. The van der Waals surface area contributed by atoms with Crippen LogP contribution in [0.4, 0.5) is 18.9 Å². The van der Waals surface area contributed by atoms with Crippen molar-refractivity contribution in [3.05, 3.63) is 59.7 Å². The van der Waals surface area contributed by atoms with Gasteiger partial charge < -0.3 is 14.5 Å². The highest BCUT2D eigenvalue weighted by Crippen LogP contribution is 2.32. The van der Waals surface area contributed by atoms with Gasteiger partial charge in [0.1, 0.15) is 11.8 Å². The van der Waals surface area contributed by atoms with Crippen LogP contribution in [0.1, 0.15) is 23.6 Å². The Labute approximate surface area is 178 Å². The molecule has 1 amide bonds. The Hall–Kier alpha value is -2.78. The highest BCUT2D eigenvalue weighted by molar-refractivity contribution is 5.82. The van der Waals surface area contributed by atoms with E-state index in [1.54, 1.807) is 18.1 Å². The third-order valence-electron chi connectivity index (χ3n) is 5.83. The van der Waals surface area contributed by atoms with Gasteiger partial charge in [0.2, 0.25) is 5.91 Å². The van der Waals surface area contributed by atoms with Gasteiger partial charge in [0.05, 0.1) is 12.7 Å². The number of rotatable bonds is 4. The molecule has 2 atom stereocenters. The van der Waals surface area contributed by atoms with E-state index < -0.39 is 11.7 Å². The lowest BCUT2D eigenvalue weighted by atomic mass is 10.0. The van der Waals surface area contributed by atoms with Crippen LogP contribution in [0.15, 0.2) is 48.5 Å². The van der Waals surface area contributed by atoms with E-state index in [2.05, 4.69) is 10.9 Å². The molecule has 0 spiro atoms.